The summed E-state index contributed by atoms with van der Waals surface area (Å²) in [7, 11) is 0. The van der Waals surface area contributed by atoms with Crippen LogP contribution >= 0.6 is 11.8 Å². The van der Waals surface area contributed by atoms with Gasteiger partial charge >= 0.3 is 5.97 Å². The van der Waals surface area contributed by atoms with Gasteiger partial charge in [-0.05, 0) is 44.5 Å². The lowest BCUT2D eigenvalue weighted by molar-refractivity contribution is -0.137. The van der Waals surface area contributed by atoms with Crippen LogP contribution in [0.2, 0.25) is 0 Å². The summed E-state index contributed by atoms with van der Waals surface area (Å²) in [5.74, 6) is 1.60. The Morgan fingerprint density at radius 2 is 2.00 bits per heavy atom. The minimum atomic E-state index is -0.394. The Labute approximate surface area is 156 Å². The van der Waals surface area contributed by atoms with Crippen LogP contribution in [-0.2, 0) is 9.53 Å². The molecule has 1 aromatic carbocycles. The second-order valence-electron chi connectivity index (χ2n) is 5.46. The fourth-order valence-corrected chi connectivity index (χ4v) is 3.29. The molecule has 3 rings (SSSR count). The lowest BCUT2D eigenvalue weighted by Crippen LogP contribution is -2.21. The van der Waals surface area contributed by atoms with Crippen LogP contribution in [0.1, 0.15) is 25.2 Å². The molecule has 0 spiro atoms. The molecule has 2 aromatic rings. The van der Waals surface area contributed by atoms with E-state index in [-0.39, 0.29) is 0 Å². The predicted molar refractivity (Wildman–Crippen MR) is 101 cm³/mol. The summed E-state index contributed by atoms with van der Waals surface area (Å²) in [6.45, 7) is 6.46. The van der Waals surface area contributed by atoms with Crippen LogP contribution in [0, 0.1) is 6.92 Å². The van der Waals surface area contributed by atoms with E-state index in [1.54, 1.807) is 17.7 Å². The molecule has 0 saturated heterocycles. The van der Waals surface area contributed by atoms with Crippen molar-refractivity contribution in [3.05, 3.63) is 41.2 Å². The zero-order valence-corrected chi connectivity index (χ0v) is 15.7. The van der Waals surface area contributed by atoms with Crippen molar-refractivity contribution in [2.75, 3.05) is 19.0 Å². The number of rotatable bonds is 6. The summed E-state index contributed by atoms with van der Waals surface area (Å²) in [5, 5.41) is 13.3. The second kappa shape index (κ2) is 8.18. The van der Waals surface area contributed by atoms with Crippen molar-refractivity contribution < 1.29 is 14.3 Å². The van der Waals surface area contributed by atoms with E-state index in [2.05, 4.69) is 15.3 Å². The van der Waals surface area contributed by atoms with Gasteiger partial charge in [0.1, 0.15) is 5.75 Å². The molecule has 0 amide bonds. The monoisotopic (exact) mass is 372 g/mol. The summed E-state index contributed by atoms with van der Waals surface area (Å²) >= 11 is 1.49. The van der Waals surface area contributed by atoms with Gasteiger partial charge in [-0.2, -0.15) is 9.78 Å². The van der Waals surface area contributed by atoms with E-state index in [0.717, 1.165) is 16.5 Å². The highest BCUT2D eigenvalue weighted by Gasteiger charge is 2.24. The van der Waals surface area contributed by atoms with Gasteiger partial charge < -0.3 is 9.47 Å². The number of esters is 1. The smallest absolute Gasteiger partial charge is 0.340 e. The summed E-state index contributed by atoms with van der Waals surface area (Å²) in [4.78, 5) is 12.5. The fraction of sp³-hybridized carbons (Fsp3) is 0.333. The summed E-state index contributed by atoms with van der Waals surface area (Å²) in [6.07, 6.45) is 1.79. The molecule has 0 bridgehead atoms. The lowest BCUT2D eigenvalue weighted by atomic mass is 10.1. The lowest BCUT2D eigenvalue weighted by Gasteiger charge is -2.15. The van der Waals surface area contributed by atoms with Gasteiger partial charge in [0.05, 0.1) is 24.5 Å². The van der Waals surface area contributed by atoms with Crippen LogP contribution in [0.25, 0.3) is 6.08 Å². The van der Waals surface area contributed by atoms with Gasteiger partial charge in [0.15, 0.2) is 5.82 Å². The van der Waals surface area contributed by atoms with Gasteiger partial charge in [-0.15, -0.1) is 10.2 Å². The Balaban J connectivity index is 1.97. The van der Waals surface area contributed by atoms with Crippen molar-refractivity contribution >= 4 is 29.5 Å². The highest BCUT2D eigenvalue weighted by molar-refractivity contribution is 7.99. The van der Waals surface area contributed by atoms with Crippen molar-refractivity contribution in [3.63, 3.8) is 0 Å². The highest BCUT2D eigenvalue weighted by Crippen LogP contribution is 2.25. The molecule has 0 N–H and O–H groups in total. The average Bonchev–Trinajstić information content (AvgIpc) is 3.02. The minimum absolute atomic E-state index is 0.302. The minimum Gasteiger partial charge on any atom is -0.494 e. The number of aromatic nitrogens is 3. The molecule has 0 unspecified atom stereocenters. The van der Waals surface area contributed by atoms with Crippen molar-refractivity contribution in [1.82, 2.24) is 14.9 Å². The molecule has 0 saturated carbocycles. The molecule has 1 aliphatic heterocycles. The molecular formula is C18H20N4O3S. The van der Waals surface area contributed by atoms with Crippen molar-refractivity contribution in [3.8, 4) is 5.75 Å². The van der Waals surface area contributed by atoms with Gasteiger partial charge in [0, 0.05) is 5.75 Å². The Bertz CT molecular complexity index is 856. The molecule has 1 aromatic heterocycles. The number of hydrogen-bond acceptors (Lipinski definition) is 7. The highest BCUT2D eigenvalue weighted by atomic mass is 32.2. The molecule has 8 heteroatoms. The molecule has 0 fully saturated rings. The average molecular weight is 372 g/mol. The van der Waals surface area contributed by atoms with Crippen LogP contribution < -0.4 is 4.74 Å². The molecule has 7 nitrogen and oxygen atoms in total. The molecule has 2 heterocycles. The number of carbonyl (C=O) groups is 1. The normalized spacial score (nSPS) is 13.8. The zero-order chi connectivity index (χ0) is 18.5. The number of aryl methyl sites for hydroxylation is 1. The molecule has 1 aliphatic rings. The van der Waals surface area contributed by atoms with E-state index < -0.39 is 5.97 Å². The largest absolute Gasteiger partial charge is 0.494 e. The maximum absolute atomic E-state index is 12.5. The maximum Gasteiger partial charge on any atom is 0.340 e. The Hall–Kier alpha value is -2.61. The number of carbonyl (C=O) groups excluding carboxylic acids is 1. The first-order valence-corrected chi connectivity index (χ1v) is 9.35. The van der Waals surface area contributed by atoms with E-state index in [4.69, 9.17) is 9.47 Å². The molecule has 0 atom stereocenters. The van der Waals surface area contributed by atoms with Crippen molar-refractivity contribution in [2.24, 2.45) is 5.10 Å². The molecule has 26 heavy (non-hydrogen) atoms. The second-order valence-corrected chi connectivity index (χ2v) is 6.40. The Morgan fingerprint density at radius 3 is 2.69 bits per heavy atom. The predicted octanol–water partition coefficient (Wildman–Crippen LogP) is 2.94. The number of thioether (sulfide) groups is 1. The van der Waals surface area contributed by atoms with Crippen LogP contribution in [0.3, 0.4) is 0 Å². The Morgan fingerprint density at radius 1 is 1.23 bits per heavy atom. The first kappa shape index (κ1) is 18.2. The third kappa shape index (κ3) is 3.96. The van der Waals surface area contributed by atoms with E-state index in [9.17, 15) is 4.79 Å². The topological polar surface area (TPSA) is 78.6 Å². The maximum atomic E-state index is 12.5. The number of nitrogens with zero attached hydrogens (tertiary/aromatic N) is 4. The molecule has 0 radical (unpaired) electrons. The molecule has 0 aliphatic carbocycles. The quantitative estimate of drug-likeness (QED) is 0.573. The van der Waals surface area contributed by atoms with Crippen LogP contribution in [0.5, 0.6) is 5.75 Å². The summed E-state index contributed by atoms with van der Waals surface area (Å²) in [5.41, 5.74) is 1.94. The van der Waals surface area contributed by atoms with Crippen molar-refractivity contribution in [2.45, 2.75) is 25.9 Å². The summed E-state index contributed by atoms with van der Waals surface area (Å²) in [6, 6.07) is 7.54. The SMILES string of the molecule is CCOC(=O)/C(=C\c1ccc(OCC)cc1)C1=Nn2c(C)nnc2SC1. The first-order chi connectivity index (χ1) is 12.6. The van der Waals surface area contributed by atoms with E-state index in [1.165, 1.54) is 11.8 Å². The first-order valence-electron chi connectivity index (χ1n) is 8.37. The zero-order valence-electron chi connectivity index (χ0n) is 14.9. The standard InChI is InChI=1S/C18H20N4O3S/c1-4-24-14-8-6-13(7-9-14)10-15(17(23)25-5-2)16-11-26-18-20-19-12(3)22(18)21-16/h6-10H,4-5,11H2,1-3H3/b15-10-. The summed E-state index contributed by atoms with van der Waals surface area (Å²) < 4.78 is 12.3. The van der Waals surface area contributed by atoms with Gasteiger partial charge in [0.2, 0.25) is 5.16 Å². The van der Waals surface area contributed by atoms with E-state index >= 15 is 0 Å². The molecule has 136 valence electrons. The Kier molecular flexibility index (Phi) is 5.72. The van der Waals surface area contributed by atoms with Gasteiger partial charge in [-0.3, -0.25) is 0 Å². The third-order valence-electron chi connectivity index (χ3n) is 3.64. The number of benzene rings is 1. The van der Waals surface area contributed by atoms with Crippen LogP contribution in [0.15, 0.2) is 40.1 Å². The fourth-order valence-electron chi connectivity index (χ4n) is 2.42. The van der Waals surface area contributed by atoms with Gasteiger partial charge in [-0.25, -0.2) is 4.79 Å². The van der Waals surface area contributed by atoms with Crippen LogP contribution in [0.4, 0.5) is 0 Å². The van der Waals surface area contributed by atoms with Crippen molar-refractivity contribution in [1.29, 1.82) is 0 Å². The number of hydrogen-bond donors (Lipinski definition) is 0. The number of ether oxygens (including phenoxy) is 2. The molecular weight excluding hydrogens is 352 g/mol. The third-order valence-corrected chi connectivity index (χ3v) is 4.57. The van der Waals surface area contributed by atoms with E-state index in [1.807, 2.05) is 38.1 Å². The van der Waals surface area contributed by atoms with Crippen LogP contribution in [-0.4, -0.2) is 45.5 Å². The van der Waals surface area contributed by atoms with E-state index in [0.29, 0.717) is 36.1 Å². The van der Waals surface area contributed by atoms with Gasteiger partial charge in [-0.1, -0.05) is 23.9 Å². The number of fused-ring (bicyclic) bond motifs is 1. The van der Waals surface area contributed by atoms with Gasteiger partial charge in [0.25, 0.3) is 0 Å².